The van der Waals surface area contributed by atoms with Crippen LogP contribution in [0.25, 0.3) is 0 Å². The molecule has 13 N–H and O–H groups in total. The molecule has 210 valence electrons. The van der Waals surface area contributed by atoms with Crippen molar-refractivity contribution in [1.82, 2.24) is 5.32 Å². The normalized spacial score (nSPS) is 17.1. The predicted molar refractivity (Wildman–Crippen MR) is 124 cm³/mol. The standard InChI is InChI=1S/C6H13NO2.C5H9NO4.C5H9NO2.C4H7NO4/c1-3-4(2)5(7)6(8)9;6-3(5(9)10)1-2-4(7)8;7-5(8)4-2-1-3-6-4;5-2(4(8)9)1-3(6)7/h4-5H,3,7H2,1-2H3,(H,8,9);3H,1-2,6H2,(H,7,8)(H,9,10);4,6H,1-3H2,(H,7,8);2H,1,5H2,(H,6,7)(H,8,9)/t;;4-;/m..0./s1. The van der Waals surface area contributed by atoms with Gasteiger partial charge in [-0.3, -0.25) is 28.8 Å². The van der Waals surface area contributed by atoms with Crippen LogP contribution in [0, 0.1) is 5.92 Å². The summed E-state index contributed by atoms with van der Waals surface area (Å²) in [7, 11) is 0. The van der Waals surface area contributed by atoms with Gasteiger partial charge in [0.15, 0.2) is 0 Å². The number of nitrogens with one attached hydrogen (secondary N) is 1. The summed E-state index contributed by atoms with van der Waals surface area (Å²) in [5.41, 5.74) is 15.1. The molecule has 0 bridgehead atoms. The highest BCUT2D eigenvalue weighted by Crippen LogP contribution is 2.04. The number of nitrogens with two attached hydrogens (primary N) is 3. The smallest absolute Gasteiger partial charge is 0.321 e. The molecule has 0 saturated carbocycles. The Morgan fingerprint density at radius 3 is 1.53 bits per heavy atom. The molecule has 1 rings (SSSR count). The zero-order chi connectivity index (χ0) is 29.0. The Labute approximate surface area is 207 Å². The van der Waals surface area contributed by atoms with E-state index in [1.54, 1.807) is 0 Å². The molecule has 0 aromatic heterocycles. The molecule has 16 heteroatoms. The first-order valence-electron chi connectivity index (χ1n) is 10.8. The quantitative estimate of drug-likeness (QED) is 0.145. The van der Waals surface area contributed by atoms with E-state index in [2.05, 4.69) is 5.32 Å². The molecule has 36 heavy (non-hydrogen) atoms. The lowest BCUT2D eigenvalue weighted by Gasteiger charge is -2.11. The summed E-state index contributed by atoms with van der Waals surface area (Å²) >= 11 is 0. The summed E-state index contributed by atoms with van der Waals surface area (Å²) in [6.45, 7) is 4.61. The van der Waals surface area contributed by atoms with Crippen LogP contribution in [-0.2, 0) is 28.8 Å². The van der Waals surface area contributed by atoms with Gasteiger partial charge >= 0.3 is 35.8 Å². The zero-order valence-electron chi connectivity index (χ0n) is 20.2. The second-order valence-electron chi connectivity index (χ2n) is 7.66. The number of carbonyl (C=O) groups is 6. The maximum absolute atomic E-state index is 10.2. The summed E-state index contributed by atoms with van der Waals surface area (Å²) in [5.74, 6) is -6.25. The van der Waals surface area contributed by atoms with Gasteiger partial charge in [0.2, 0.25) is 0 Å². The molecule has 0 aliphatic carbocycles. The van der Waals surface area contributed by atoms with E-state index in [1.807, 2.05) is 13.8 Å². The molecule has 0 aromatic rings. The Balaban J connectivity index is -0.000000404. The van der Waals surface area contributed by atoms with Crippen LogP contribution in [0.3, 0.4) is 0 Å². The second kappa shape index (κ2) is 21.0. The van der Waals surface area contributed by atoms with Crippen molar-refractivity contribution in [3.63, 3.8) is 0 Å². The monoisotopic (exact) mass is 526 g/mol. The average molecular weight is 527 g/mol. The lowest BCUT2D eigenvalue weighted by atomic mass is 10.0. The first-order chi connectivity index (χ1) is 16.5. The van der Waals surface area contributed by atoms with Gasteiger partial charge in [0.25, 0.3) is 0 Å². The molecule has 16 nitrogen and oxygen atoms in total. The van der Waals surface area contributed by atoms with E-state index in [-0.39, 0.29) is 24.8 Å². The molecular formula is C20H38N4O12. The highest BCUT2D eigenvalue weighted by Gasteiger charge is 2.20. The first kappa shape index (κ1) is 37.2. The maximum Gasteiger partial charge on any atom is 0.321 e. The minimum atomic E-state index is -1.29. The van der Waals surface area contributed by atoms with Crippen molar-refractivity contribution in [2.75, 3.05) is 6.54 Å². The van der Waals surface area contributed by atoms with E-state index in [9.17, 15) is 28.8 Å². The molecular weight excluding hydrogens is 488 g/mol. The first-order valence-corrected chi connectivity index (χ1v) is 10.8. The van der Waals surface area contributed by atoms with E-state index in [0.717, 1.165) is 25.8 Å². The number of carboxylic acids is 6. The Morgan fingerprint density at radius 1 is 0.833 bits per heavy atom. The molecule has 1 aliphatic rings. The summed E-state index contributed by atoms with van der Waals surface area (Å²) in [6, 6.07) is -3.32. The Bertz CT molecular complexity index is 713. The lowest BCUT2D eigenvalue weighted by Crippen LogP contribution is -2.36. The van der Waals surface area contributed by atoms with Crippen molar-refractivity contribution in [3.05, 3.63) is 0 Å². The zero-order valence-corrected chi connectivity index (χ0v) is 20.2. The van der Waals surface area contributed by atoms with Crippen LogP contribution in [0.4, 0.5) is 0 Å². The number of hydrogen-bond donors (Lipinski definition) is 10. The van der Waals surface area contributed by atoms with Crippen molar-refractivity contribution in [1.29, 1.82) is 0 Å². The van der Waals surface area contributed by atoms with E-state index < -0.39 is 60.4 Å². The molecule has 1 saturated heterocycles. The highest BCUT2D eigenvalue weighted by molar-refractivity contribution is 5.80. The summed E-state index contributed by atoms with van der Waals surface area (Å²) in [5, 5.41) is 51.9. The van der Waals surface area contributed by atoms with E-state index in [1.165, 1.54) is 0 Å². The Morgan fingerprint density at radius 2 is 1.33 bits per heavy atom. The van der Waals surface area contributed by atoms with Crippen molar-refractivity contribution in [2.24, 2.45) is 23.1 Å². The minimum absolute atomic E-state index is 0.0231. The van der Waals surface area contributed by atoms with Gasteiger partial charge in [0, 0.05) is 6.42 Å². The van der Waals surface area contributed by atoms with Gasteiger partial charge < -0.3 is 53.2 Å². The molecule has 4 unspecified atom stereocenters. The van der Waals surface area contributed by atoms with Crippen LogP contribution < -0.4 is 22.5 Å². The third-order valence-corrected chi connectivity index (χ3v) is 4.60. The van der Waals surface area contributed by atoms with Gasteiger partial charge in [0.05, 0.1) is 6.42 Å². The highest BCUT2D eigenvalue weighted by atomic mass is 16.4. The SMILES string of the molecule is CCC(C)C(N)C(=O)O.NC(CC(=O)O)C(=O)O.NC(CCC(=O)O)C(=O)O.O=C(O)[C@@H]1CCCN1. The summed E-state index contributed by atoms with van der Waals surface area (Å²) in [6.07, 6.45) is 1.84. The topological polar surface area (TPSA) is 314 Å². The third kappa shape index (κ3) is 22.5. The van der Waals surface area contributed by atoms with Gasteiger partial charge in [-0.2, -0.15) is 0 Å². The van der Waals surface area contributed by atoms with Crippen LogP contribution in [0.2, 0.25) is 0 Å². The molecule has 1 fully saturated rings. The van der Waals surface area contributed by atoms with Crippen LogP contribution in [0.15, 0.2) is 0 Å². The van der Waals surface area contributed by atoms with Gasteiger partial charge in [0.1, 0.15) is 24.2 Å². The molecule has 1 heterocycles. The summed E-state index contributed by atoms with van der Waals surface area (Å²) < 4.78 is 0. The molecule has 5 atom stereocenters. The van der Waals surface area contributed by atoms with Gasteiger partial charge in [-0.15, -0.1) is 0 Å². The lowest BCUT2D eigenvalue weighted by molar-refractivity contribution is -0.144. The predicted octanol–water partition coefficient (Wildman–Crippen LogP) is -1.60. The van der Waals surface area contributed by atoms with Crippen LogP contribution in [0.5, 0.6) is 0 Å². The Kier molecular flexibility index (Phi) is 21.7. The molecule has 0 radical (unpaired) electrons. The van der Waals surface area contributed by atoms with Crippen molar-refractivity contribution >= 4 is 35.8 Å². The second-order valence-corrected chi connectivity index (χ2v) is 7.66. The van der Waals surface area contributed by atoms with E-state index in [0.29, 0.717) is 0 Å². The van der Waals surface area contributed by atoms with Crippen molar-refractivity contribution < 1.29 is 59.4 Å². The van der Waals surface area contributed by atoms with E-state index >= 15 is 0 Å². The number of rotatable bonds is 11. The maximum atomic E-state index is 10.2. The van der Waals surface area contributed by atoms with Crippen molar-refractivity contribution in [2.45, 2.75) is 76.5 Å². The third-order valence-electron chi connectivity index (χ3n) is 4.60. The fraction of sp³-hybridized carbons (Fsp3) is 0.700. The Hall–Kier alpha value is -3.34. The van der Waals surface area contributed by atoms with Crippen molar-refractivity contribution in [3.8, 4) is 0 Å². The van der Waals surface area contributed by atoms with Crippen LogP contribution in [0.1, 0.15) is 52.4 Å². The summed E-state index contributed by atoms with van der Waals surface area (Å²) in [4.78, 5) is 59.8. The number of hydrogen-bond acceptors (Lipinski definition) is 10. The van der Waals surface area contributed by atoms with Gasteiger partial charge in [-0.05, 0) is 31.7 Å². The number of carboxylic acid groups (broad SMARTS) is 6. The van der Waals surface area contributed by atoms with Crippen LogP contribution >= 0.6 is 0 Å². The van der Waals surface area contributed by atoms with Gasteiger partial charge in [-0.1, -0.05) is 20.3 Å². The molecule has 0 spiro atoms. The fourth-order valence-corrected chi connectivity index (χ4v) is 2.07. The molecule has 1 aliphatic heterocycles. The number of aliphatic carboxylic acids is 6. The average Bonchev–Trinajstić information content (AvgIpc) is 3.32. The fourth-order valence-electron chi connectivity index (χ4n) is 2.07. The molecule has 0 amide bonds. The van der Waals surface area contributed by atoms with Crippen LogP contribution in [-0.4, -0.2) is 97.2 Å². The van der Waals surface area contributed by atoms with Gasteiger partial charge in [-0.25, -0.2) is 0 Å². The van der Waals surface area contributed by atoms with E-state index in [4.69, 9.17) is 47.8 Å². The minimum Gasteiger partial charge on any atom is -0.481 e. The largest absolute Gasteiger partial charge is 0.481 e. The molecule has 0 aromatic carbocycles.